The molecule has 0 bridgehead atoms. The van der Waals surface area contributed by atoms with Crippen LogP contribution >= 0.6 is 0 Å². The van der Waals surface area contributed by atoms with Crippen LogP contribution in [-0.4, -0.2) is 36.2 Å². The highest BCUT2D eigenvalue weighted by Gasteiger charge is 2.23. The molecule has 1 aliphatic rings. The summed E-state index contributed by atoms with van der Waals surface area (Å²) in [6.45, 7) is 12.0. The van der Waals surface area contributed by atoms with Crippen LogP contribution in [0.15, 0.2) is 76.5 Å². The molecular formula is C25H32FN3O5S. The van der Waals surface area contributed by atoms with Crippen molar-refractivity contribution in [3.05, 3.63) is 83.7 Å². The molecule has 0 saturated heterocycles. The first kappa shape index (κ1) is 29.7. The summed E-state index contributed by atoms with van der Waals surface area (Å²) < 4.78 is 44.7. The van der Waals surface area contributed by atoms with Crippen LogP contribution in [0.5, 0.6) is 0 Å². The first-order valence-corrected chi connectivity index (χ1v) is 12.5. The van der Waals surface area contributed by atoms with E-state index in [-0.39, 0.29) is 23.0 Å². The molecular weight excluding hydrogens is 473 g/mol. The maximum Gasteiger partial charge on any atom is 0.318 e. The number of sulfonamides is 1. The lowest BCUT2D eigenvalue weighted by Gasteiger charge is -2.13. The van der Waals surface area contributed by atoms with Crippen LogP contribution in [0.3, 0.4) is 0 Å². The van der Waals surface area contributed by atoms with E-state index < -0.39 is 22.5 Å². The van der Waals surface area contributed by atoms with Crippen LogP contribution in [-0.2, 0) is 14.8 Å². The fourth-order valence-corrected chi connectivity index (χ4v) is 3.78. The highest BCUT2D eigenvalue weighted by atomic mass is 32.2. The number of carboxylic acids is 1. The standard InChI is InChI=1S/C18H22FN3O5S.C7H10/c1-3-12(5-8-14(19)4-2)17-21-18(27-22-17)13-6-9-15(10-7-13)28(25,26)20-11-16(23)24;1-4-6-7(3)5-2/h5-6,8-9,20H,3-4,7,10-11H2,1-2H3,(H,23,24);4-6H,1-2H2,3H3/b12-5+,14-8+;7-6-. The molecule has 0 aromatic carbocycles. The van der Waals surface area contributed by atoms with E-state index in [0.29, 0.717) is 36.2 Å². The van der Waals surface area contributed by atoms with Gasteiger partial charge in [-0.15, -0.1) is 0 Å². The van der Waals surface area contributed by atoms with E-state index in [0.717, 1.165) is 5.57 Å². The normalized spacial score (nSPS) is 14.9. The summed E-state index contributed by atoms with van der Waals surface area (Å²) in [7, 11) is -3.85. The molecule has 0 radical (unpaired) electrons. The third-order valence-electron chi connectivity index (χ3n) is 4.74. The Labute approximate surface area is 206 Å². The van der Waals surface area contributed by atoms with Crippen molar-refractivity contribution in [1.29, 1.82) is 0 Å². The number of allylic oxidation sites excluding steroid dienone is 12. The van der Waals surface area contributed by atoms with Crippen LogP contribution in [0, 0.1) is 0 Å². The number of carbonyl (C=O) groups is 1. The molecule has 0 atom stereocenters. The van der Waals surface area contributed by atoms with Crippen molar-refractivity contribution in [1.82, 2.24) is 14.9 Å². The van der Waals surface area contributed by atoms with Crippen LogP contribution in [0.2, 0.25) is 0 Å². The molecule has 0 spiro atoms. The fourth-order valence-electron chi connectivity index (χ4n) is 2.67. The van der Waals surface area contributed by atoms with Crippen molar-refractivity contribution < 1.29 is 27.2 Å². The van der Waals surface area contributed by atoms with Gasteiger partial charge in [-0.3, -0.25) is 4.79 Å². The zero-order valence-corrected chi connectivity index (χ0v) is 21.1. The van der Waals surface area contributed by atoms with Gasteiger partial charge in [0.25, 0.3) is 5.89 Å². The molecule has 1 heterocycles. The lowest BCUT2D eigenvalue weighted by Crippen LogP contribution is -2.30. The van der Waals surface area contributed by atoms with E-state index in [1.54, 1.807) is 31.2 Å². The first-order chi connectivity index (χ1) is 16.6. The summed E-state index contributed by atoms with van der Waals surface area (Å²) in [5.74, 6) is -0.896. The second-order valence-electron chi connectivity index (χ2n) is 7.33. The molecule has 2 rings (SSSR count). The van der Waals surface area contributed by atoms with Crippen LogP contribution in [0.1, 0.15) is 58.2 Å². The topological polar surface area (TPSA) is 122 Å². The number of halogens is 1. The summed E-state index contributed by atoms with van der Waals surface area (Å²) in [6, 6.07) is 0. The van der Waals surface area contributed by atoms with Crippen LogP contribution in [0.25, 0.3) is 11.1 Å². The molecule has 8 nitrogen and oxygen atoms in total. The Hall–Kier alpha value is -3.37. The first-order valence-electron chi connectivity index (χ1n) is 11.0. The molecule has 0 unspecified atom stereocenters. The summed E-state index contributed by atoms with van der Waals surface area (Å²) >= 11 is 0. The maximum atomic E-state index is 13.3. The number of aromatic nitrogens is 2. The van der Waals surface area contributed by atoms with Gasteiger partial charge in [-0.2, -0.15) is 4.98 Å². The average molecular weight is 506 g/mol. The Morgan fingerprint density at radius 3 is 2.40 bits per heavy atom. The summed E-state index contributed by atoms with van der Waals surface area (Å²) in [6.07, 6.45) is 12.8. The molecule has 1 aromatic heterocycles. The molecule has 10 heteroatoms. The van der Waals surface area contributed by atoms with Gasteiger partial charge in [-0.05, 0) is 44.8 Å². The Kier molecular flexibility index (Phi) is 12.5. The van der Waals surface area contributed by atoms with Crippen LogP contribution in [0.4, 0.5) is 4.39 Å². The Balaban J connectivity index is 0.000000762. The second-order valence-corrected chi connectivity index (χ2v) is 9.15. The minimum absolute atomic E-state index is 0.0894. The quantitative estimate of drug-likeness (QED) is 0.381. The van der Waals surface area contributed by atoms with Gasteiger partial charge in [-0.25, -0.2) is 17.5 Å². The van der Waals surface area contributed by atoms with Gasteiger partial charge in [0.05, 0.1) is 10.7 Å². The third-order valence-corrected chi connectivity index (χ3v) is 6.30. The SMILES string of the molecule is C=C/C=C(/C)C=C.CC/C(F)=C\C=C(/CC)c1noc(C2=CC=C(S(=O)(=O)NCC(=O)O)CC2)n1. The monoisotopic (exact) mass is 505 g/mol. The number of rotatable bonds is 11. The van der Waals surface area contributed by atoms with Gasteiger partial charge in [0.15, 0.2) is 5.82 Å². The number of hydrogen-bond donors (Lipinski definition) is 2. The predicted molar refractivity (Wildman–Crippen MR) is 136 cm³/mol. The number of hydrogen-bond acceptors (Lipinski definition) is 6. The fraction of sp³-hybridized carbons (Fsp3) is 0.320. The highest BCUT2D eigenvalue weighted by molar-refractivity contribution is 7.93. The summed E-state index contributed by atoms with van der Waals surface area (Å²) in [5.41, 5.74) is 2.53. The van der Waals surface area contributed by atoms with Crippen molar-refractivity contribution in [3.63, 3.8) is 0 Å². The Morgan fingerprint density at radius 2 is 1.91 bits per heavy atom. The van der Waals surface area contributed by atoms with Crippen molar-refractivity contribution in [2.24, 2.45) is 0 Å². The van der Waals surface area contributed by atoms with E-state index >= 15 is 0 Å². The molecule has 0 fully saturated rings. The van der Waals surface area contributed by atoms with Crippen molar-refractivity contribution in [2.75, 3.05) is 6.54 Å². The van der Waals surface area contributed by atoms with E-state index in [1.807, 2.05) is 24.6 Å². The van der Waals surface area contributed by atoms with Gasteiger partial charge in [0, 0.05) is 11.1 Å². The Bertz CT molecular complexity index is 1170. The van der Waals surface area contributed by atoms with Gasteiger partial charge >= 0.3 is 5.97 Å². The molecule has 1 aromatic rings. The van der Waals surface area contributed by atoms with E-state index in [9.17, 15) is 17.6 Å². The minimum atomic E-state index is -3.85. The zero-order chi connectivity index (χ0) is 26.4. The van der Waals surface area contributed by atoms with Gasteiger partial charge in [0.2, 0.25) is 10.0 Å². The lowest BCUT2D eigenvalue weighted by atomic mass is 10.1. The van der Waals surface area contributed by atoms with Crippen LogP contribution < -0.4 is 4.72 Å². The lowest BCUT2D eigenvalue weighted by molar-refractivity contribution is -0.135. The zero-order valence-electron chi connectivity index (χ0n) is 20.3. The summed E-state index contributed by atoms with van der Waals surface area (Å²) in [4.78, 5) is 14.9. The molecule has 0 amide bonds. The molecule has 2 N–H and O–H groups in total. The number of aliphatic carboxylic acids is 1. The predicted octanol–water partition coefficient (Wildman–Crippen LogP) is 5.50. The Morgan fingerprint density at radius 1 is 1.20 bits per heavy atom. The summed E-state index contributed by atoms with van der Waals surface area (Å²) in [5, 5.41) is 12.5. The van der Waals surface area contributed by atoms with E-state index in [4.69, 9.17) is 9.63 Å². The van der Waals surface area contributed by atoms with E-state index in [1.165, 1.54) is 12.2 Å². The molecule has 190 valence electrons. The third kappa shape index (κ3) is 10.2. The van der Waals surface area contributed by atoms with Crippen molar-refractivity contribution in [3.8, 4) is 0 Å². The number of nitrogens with zero attached hydrogens (tertiary/aromatic N) is 2. The van der Waals surface area contributed by atoms with E-state index in [2.05, 4.69) is 23.3 Å². The molecule has 0 saturated carbocycles. The van der Waals surface area contributed by atoms with Crippen molar-refractivity contribution >= 4 is 27.1 Å². The highest BCUT2D eigenvalue weighted by Crippen LogP contribution is 2.29. The molecule has 35 heavy (non-hydrogen) atoms. The largest absolute Gasteiger partial charge is 0.480 e. The van der Waals surface area contributed by atoms with Crippen molar-refractivity contribution in [2.45, 2.75) is 46.5 Å². The molecule has 0 aliphatic heterocycles. The number of nitrogens with one attached hydrogen (secondary N) is 1. The average Bonchev–Trinajstić information content (AvgIpc) is 3.33. The van der Waals surface area contributed by atoms with Gasteiger partial charge < -0.3 is 9.63 Å². The smallest absolute Gasteiger partial charge is 0.318 e. The number of carboxylic acid groups (broad SMARTS) is 1. The maximum absolute atomic E-state index is 13.3. The molecule has 1 aliphatic carbocycles. The van der Waals surface area contributed by atoms with Gasteiger partial charge in [-0.1, -0.05) is 68.1 Å². The van der Waals surface area contributed by atoms with Gasteiger partial charge in [0.1, 0.15) is 6.54 Å². The minimum Gasteiger partial charge on any atom is -0.480 e. The second kappa shape index (κ2) is 14.8.